The number of hydrogen-bond donors (Lipinski definition) is 2. The van der Waals surface area contributed by atoms with Crippen molar-refractivity contribution in [2.24, 2.45) is 0 Å². The molecule has 0 aliphatic heterocycles. The van der Waals surface area contributed by atoms with Gasteiger partial charge in [0.25, 0.3) is 5.91 Å². The standard InChI is InChI=1S/C14H11F2NO2/c15-11-5-6-13(12(16)7-11)17-14(19)10-3-1-9(8-18)2-4-10/h1-7,18H,8H2,(H,17,19). The van der Waals surface area contributed by atoms with E-state index in [1.165, 1.54) is 12.1 Å². The Bertz CT molecular complexity index is 597. The first-order valence-corrected chi connectivity index (χ1v) is 5.56. The van der Waals surface area contributed by atoms with Crippen LogP contribution in [-0.4, -0.2) is 11.0 Å². The van der Waals surface area contributed by atoms with Gasteiger partial charge in [0.1, 0.15) is 11.6 Å². The van der Waals surface area contributed by atoms with Crippen LogP contribution in [-0.2, 0) is 6.61 Å². The molecule has 2 rings (SSSR count). The van der Waals surface area contributed by atoms with E-state index in [1.54, 1.807) is 12.1 Å². The maximum atomic E-state index is 13.4. The Morgan fingerprint density at radius 1 is 1.11 bits per heavy atom. The van der Waals surface area contributed by atoms with Crippen molar-refractivity contribution >= 4 is 11.6 Å². The molecule has 0 aliphatic carbocycles. The van der Waals surface area contributed by atoms with Crippen molar-refractivity contribution in [2.45, 2.75) is 6.61 Å². The fourth-order valence-electron chi connectivity index (χ4n) is 1.55. The largest absolute Gasteiger partial charge is 0.392 e. The van der Waals surface area contributed by atoms with Crippen LogP contribution >= 0.6 is 0 Å². The van der Waals surface area contributed by atoms with Crippen molar-refractivity contribution in [1.29, 1.82) is 0 Å². The Kier molecular flexibility index (Phi) is 3.87. The summed E-state index contributed by atoms with van der Waals surface area (Å²) in [5, 5.41) is 11.2. The summed E-state index contributed by atoms with van der Waals surface area (Å²) in [6, 6.07) is 9.14. The molecule has 0 aromatic heterocycles. The van der Waals surface area contributed by atoms with Crippen molar-refractivity contribution in [3.05, 3.63) is 65.2 Å². The molecule has 0 unspecified atom stereocenters. The molecule has 0 bridgehead atoms. The summed E-state index contributed by atoms with van der Waals surface area (Å²) >= 11 is 0. The molecular formula is C14H11F2NO2. The maximum absolute atomic E-state index is 13.4. The molecule has 0 spiro atoms. The summed E-state index contributed by atoms with van der Waals surface area (Å²) in [4.78, 5) is 11.8. The number of halogens is 2. The van der Waals surface area contributed by atoms with Gasteiger partial charge in [0.15, 0.2) is 0 Å². The average Bonchev–Trinajstić information content (AvgIpc) is 2.42. The topological polar surface area (TPSA) is 49.3 Å². The predicted octanol–water partition coefficient (Wildman–Crippen LogP) is 2.71. The molecule has 98 valence electrons. The highest BCUT2D eigenvalue weighted by molar-refractivity contribution is 6.04. The quantitative estimate of drug-likeness (QED) is 0.894. The molecule has 5 heteroatoms. The van der Waals surface area contributed by atoms with Crippen molar-refractivity contribution in [2.75, 3.05) is 5.32 Å². The Balaban J connectivity index is 2.15. The summed E-state index contributed by atoms with van der Waals surface area (Å²) in [5.74, 6) is -2.04. The van der Waals surface area contributed by atoms with Crippen LogP contribution in [0.2, 0.25) is 0 Å². The lowest BCUT2D eigenvalue weighted by Gasteiger charge is -2.07. The molecule has 0 saturated carbocycles. The zero-order chi connectivity index (χ0) is 13.8. The second-order valence-electron chi connectivity index (χ2n) is 3.93. The zero-order valence-electron chi connectivity index (χ0n) is 9.86. The minimum absolute atomic E-state index is 0.0855. The van der Waals surface area contributed by atoms with Gasteiger partial charge in [-0.05, 0) is 29.8 Å². The molecule has 3 nitrogen and oxygen atoms in total. The van der Waals surface area contributed by atoms with Crippen LogP contribution in [0.25, 0.3) is 0 Å². The van der Waals surface area contributed by atoms with Crippen LogP contribution < -0.4 is 5.32 Å². The third-order valence-electron chi connectivity index (χ3n) is 2.58. The first-order chi connectivity index (χ1) is 9.10. The predicted molar refractivity (Wildman–Crippen MR) is 66.7 cm³/mol. The molecule has 2 aromatic rings. The number of carbonyl (C=O) groups is 1. The van der Waals surface area contributed by atoms with Gasteiger partial charge < -0.3 is 10.4 Å². The van der Waals surface area contributed by atoms with Crippen LogP contribution in [0.15, 0.2) is 42.5 Å². The van der Waals surface area contributed by atoms with E-state index in [1.807, 2.05) is 0 Å². The van der Waals surface area contributed by atoms with Gasteiger partial charge in [-0.2, -0.15) is 0 Å². The van der Waals surface area contributed by atoms with Crippen LogP contribution in [0.5, 0.6) is 0 Å². The number of rotatable bonds is 3. The van der Waals surface area contributed by atoms with Crippen LogP contribution in [0.1, 0.15) is 15.9 Å². The number of nitrogens with one attached hydrogen (secondary N) is 1. The van der Waals surface area contributed by atoms with Gasteiger partial charge in [-0.25, -0.2) is 8.78 Å². The monoisotopic (exact) mass is 263 g/mol. The van der Waals surface area contributed by atoms with Crippen LogP contribution in [0.3, 0.4) is 0 Å². The highest BCUT2D eigenvalue weighted by Crippen LogP contribution is 2.16. The van der Waals surface area contributed by atoms with Crippen LogP contribution in [0.4, 0.5) is 14.5 Å². The summed E-state index contributed by atoms with van der Waals surface area (Å²) in [6.45, 7) is -0.117. The average molecular weight is 263 g/mol. The van der Waals surface area contributed by atoms with E-state index in [0.717, 1.165) is 12.1 Å². The minimum Gasteiger partial charge on any atom is -0.392 e. The summed E-state index contributed by atoms with van der Waals surface area (Å²) in [7, 11) is 0. The molecule has 0 atom stereocenters. The first-order valence-electron chi connectivity index (χ1n) is 5.56. The van der Waals surface area contributed by atoms with Gasteiger partial charge in [0.05, 0.1) is 12.3 Å². The fourth-order valence-corrected chi connectivity index (χ4v) is 1.55. The maximum Gasteiger partial charge on any atom is 0.255 e. The number of hydrogen-bond acceptors (Lipinski definition) is 2. The summed E-state index contributed by atoms with van der Waals surface area (Å²) < 4.78 is 26.1. The fraction of sp³-hybridized carbons (Fsp3) is 0.0714. The molecule has 19 heavy (non-hydrogen) atoms. The number of amides is 1. The number of carbonyl (C=O) groups excluding carboxylic acids is 1. The lowest BCUT2D eigenvalue weighted by molar-refractivity contribution is 0.102. The van der Waals surface area contributed by atoms with Crippen molar-refractivity contribution in [3.8, 4) is 0 Å². The number of aliphatic hydroxyl groups excluding tert-OH is 1. The van der Waals surface area contributed by atoms with E-state index in [-0.39, 0.29) is 12.3 Å². The minimum atomic E-state index is -0.833. The van der Waals surface area contributed by atoms with Gasteiger partial charge in [0, 0.05) is 11.6 Å². The van der Waals surface area contributed by atoms with Crippen molar-refractivity contribution in [1.82, 2.24) is 0 Å². The number of benzene rings is 2. The van der Waals surface area contributed by atoms with Gasteiger partial charge >= 0.3 is 0 Å². The second kappa shape index (κ2) is 5.58. The number of anilines is 1. The Morgan fingerprint density at radius 3 is 2.37 bits per heavy atom. The molecule has 2 aromatic carbocycles. The molecule has 0 heterocycles. The second-order valence-corrected chi connectivity index (χ2v) is 3.93. The van der Waals surface area contributed by atoms with Gasteiger partial charge in [-0.3, -0.25) is 4.79 Å². The lowest BCUT2D eigenvalue weighted by Crippen LogP contribution is -2.13. The highest BCUT2D eigenvalue weighted by atomic mass is 19.1. The molecule has 0 radical (unpaired) electrons. The SMILES string of the molecule is O=C(Nc1ccc(F)cc1F)c1ccc(CO)cc1. The van der Waals surface area contributed by atoms with E-state index in [0.29, 0.717) is 17.2 Å². The third kappa shape index (κ3) is 3.14. The lowest BCUT2D eigenvalue weighted by atomic mass is 10.1. The van der Waals surface area contributed by atoms with Crippen molar-refractivity contribution in [3.63, 3.8) is 0 Å². The first kappa shape index (κ1) is 13.2. The smallest absolute Gasteiger partial charge is 0.255 e. The molecule has 0 fully saturated rings. The van der Waals surface area contributed by atoms with E-state index in [4.69, 9.17) is 5.11 Å². The highest BCUT2D eigenvalue weighted by Gasteiger charge is 2.09. The van der Waals surface area contributed by atoms with Gasteiger partial charge in [-0.15, -0.1) is 0 Å². The van der Waals surface area contributed by atoms with Crippen molar-refractivity contribution < 1.29 is 18.7 Å². The van der Waals surface area contributed by atoms with E-state index in [2.05, 4.69) is 5.32 Å². The number of aliphatic hydroxyl groups is 1. The molecule has 1 amide bonds. The Hall–Kier alpha value is -2.27. The summed E-state index contributed by atoms with van der Waals surface area (Å²) in [5.41, 5.74) is 0.906. The molecule has 0 saturated heterocycles. The normalized spacial score (nSPS) is 10.3. The molecule has 0 aliphatic rings. The molecular weight excluding hydrogens is 252 g/mol. The van der Waals surface area contributed by atoms with Gasteiger partial charge in [0.2, 0.25) is 0 Å². The van der Waals surface area contributed by atoms with E-state index in [9.17, 15) is 13.6 Å². The Labute approximate surface area is 108 Å². The van der Waals surface area contributed by atoms with Crippen LogP contribution in [0, 0.1) is 11.6 Å². The van der Waals surface area contributed by atoms with E-state index >= 15 is 0 Å². The zero-order valence-corrected chi connectivity index (χ0v) is 9.86. The molecule has 2 N–H and O–H groups in total. The Morgan fingerprint density at radius 2 is 1.79 bits per heavy atom. The van der Waals surface area contributed by atoms with Gasteiger partial charge in [-0.1, -0.05) is 12.1 Å². The summed E-state index contributed by atoms with van der Waals surface area (Å²) in [6.07, 6.45) is 0. The van der Waals surface area contributed by atoms with E-state index < -0.39 is 17.5 Å². The third-order valence-corrected chi connectivity index (χ3v) is 2.58.